The minimum Gasteiger partial charge on any atom is -0.494 e. The molecule has 0 bridgehead atoms. The fourth-order valence-electron chi connectivity index (χ4n) is 2.41. The molecular weight excluding hydrogens is 328 g/mol. The Morgan fingerprint density at radius 2 is 1.65 bits per heavy atom. The number of carbonyl (C=O) groups excluding carboxylic acids is 2. The number of benzene rings is 2. The van der Waals surface area contributed by atoms with E-state index in [1.807, 2.05) is 43.3 Å². The Hall–Kier alpha value is -2.82. The summed E-state index contributed by atoms with van der Waals surface area (Å²) in [6.45, 7) is 2.52. The number of nitrogens with zero attached hydrogens (tertiary/aromatic N) is 1. The summed E-state index contributed by atoms with van der Waals surface area (Å²) >= 11 is 0. The normalized spacial score (nSPS) is 10.3. The molecule has 0 radical (unpaired) electrons. The van der Waals surface area contributed by atoms with Crippen molar-refractivity contribution in [2.75, 3.05) is 25.6 Å². The highest BCUT2D eigenvalue weighted by Crippen LogP contribution is 2.13. The van der Waals surface area contributed by atoms with Crippen LogP contribution >= 0.6 is 0 Å². The van der Waals surface area contributed by atoms with Gasteiger partial charge in [-0.05, 0) is 55.3 Å². The van der Waals surface area contributed by atoms with Crippen LogP contribution in [0.5, 0.6) is 5.75 Å². The van der Waals surface area contributed by atoms with E-state index in [4.69, 9.17) is 4.74 Å². The SMILES string of the molecule is CC(=O)c1ccc(OCCCC(=O)NCc2ccc(N(C)C)cc2)cc1. The number of Topliss-reactive ketones (excluding diaryl/α,β-unsaturated/α-hetero) is 1. The van der Waals surface area contributed by atoms with Gasteiger partial charge in [-0.2, -0.15) is 0 Å². The summed E-state index contributed by atoms with van der Waals surface area (Å²) in [5.74, 6) is 0.748. The third-order valence-corrected chi connectivity index (χ3v) is 4.02. The van der Waals surface area contributed by atoms with Crippen LogP contribution in [0.25, 0.3) is 0 Å². The van der Waals surface area contributed by atoms with E-state index >= 15 is 0 Å². The molecular formula is C21H26N2O3. The van der Waals surface area contributed by atoms with Gasteiger partial charge in [0.25, 0.3) is 0 Å². The predicted molar refractivity (Wildman–Crippen MR) is 104 cm³/mol. The van der Waals surface area contributed by atoms with Crippen molar-refractivity contribution < 1.29 is 14.3 Å². The maximum Gasteiger partial charge on any atom is 0.220 e. The molecule has 0 heterocycles. The second kappa shape index (κ2) is 9.61. The highest BCUT2D eigenvalue weighted by molar-refractivity contribution is 5.94. The van der Waals surface area contributed by atoms with Crippen LogP contribution in [0.2, 0.25) is 0 Å². The molecule has 0 aliphatic carbocycles. The van der Waals surface area contributed by atoms with Crippen LogP contribution in [0.1, 0.15) is 35.7 Å². The molecule has 0 aliphatic heterocycles. The van der Waals surface area contributed by atoms with Crippen molar-refractivity contribution in [2.24, 2.45) is 0 Å². The fraction of sp³-hybridized carbons (Fsp3) is 0.333. The summed E-state index contributed by atoms with van der Waals surface area (Å²) in [7, 11) is 3.99. The standard InChI is InChI=1S/C21H26N2O3/c1-16(24)18-8-12-20(13-9-18)26-14-4-5-21(25)22-15-17-6-10-19(11-7-17)23(2)3/h6-13H,4-5,14-15H2,1-3H3,(H,22,25). The monoisotopic (exact) mass is 354 g/mol. The number of anilines is 1. The average molecular weight is 354 g/mol. The molecule has 2 rings (SSSR count). The Morgan fingerprint density at radius 3 is 2.23 bits per heavy atom. The summed E-state index contributed by atoms with van der Waals surface area (Å²) in [6, 6.07) is 15.1. The summed E-state index contributed by atoms with van der Waals surface area (Å²) in [5.41, 5.74) is 2.87. The first kappa shape index (κ1) is 19.5. The molecule has 5 nitrogen and oxygen atoms in total. The number of rotatable bonds is 9. The molecule has 0 spiro atoms. The number of amides is 1. The first-order chi connectivity index (χ1) is 12.5. The third-order valence-electron chi connectivity index (χ3n) is 4.02. The Balaban J connectivity index is 1.65. The molecule has 0 atom stereocenters. The van der Waals surface area contributed by atoms with Crippen LogP contribution in [0.4, 0.5) is 5.69 Å². The molecule has 0 saturated heterocycles. The molecule has 0 aliphatic rings. The minimum absolute atomic E-state index is 0.0113. The number of nitrogens with one attached hydrogen (secondary N) is 1. The van der Waals surface area contributed by atoms with Crippen molar-refractivity contribution in [3.63, 3.8) is 0 Å². The fourth-order valence-corrected chi connectivity index (χ4v) is 2.41. The molecule has 2 aromatic rings. The van der Waals surface area contributed by atoms with Crippen LogP contribution < -0.4 is 15.0 Å². The van der Waals surface area contributed by atoms with E-state index in [-0.39, 0.29) is 11.7 Å². The van der Waals surface area contributed by atoms with Crippen molar-refractivity contribution in [1.82, 2.24) is 5.32 Å². The highest BCUT2D eigenvalue weighted by atomic mass is 16.5. The van der Waals surface area contributed by atoms with Crippen molar-refractivity contribution in [3.05, 3.63) is 59.7 Å². The van der Waals surface area contributed by atoms with E-state index in [1.54, 1.807) is 24.3 Å². The molecule has 0 saturated carbocycles. The van der Waals surface area contributed by atoms with Gasteiger partial charge in [-0.1, -0.05) is 12.1 Å². The molecule has 1 amide bonds. The van der Waals surface area contributed by atoms with E-state index in [2.05, 4.69) is 5.32 Å². The first-order valence-corrected chi connectivity index (χ1v) is 8.72. The van der Waals surface area contributed by atoms with Crippen molar-refractivity contribution >= 4 is 17.4 Å². The van der Waals surface area contributed by atoms with Crippen LogP contribution in [-0.2, 0) is 11.3 Å². The van der Waals surface area contributed by atoms with Crippen molar-refractivity contribution in [3.8, 4) is 5.75 Å². The highest BCUT2D eigenvalue weighted by Gasteiger charge is 2.03. The zero-order valence-corrected chi connectivity index (χ0v) is 15.6. The quantitative estimate of drug-likeness (QED) is 0.554. The Labute approximate surface area is 155 Å². The van der Waals surface area contributed by atoms with Gasteiger partial charge >= 0.3 is 0 Å². The molecule has 5 heteroatoms. The first-order valence-electron chi connectivity index (χ1n) is 8.72. The summed E-state index contributed by atoms with van der Waals surface area (Å²) in [4.78, 5) is 25.2. The molecule has 0 aromatic heterocycles. The zero-order valence-electron chi connectivity index (χ0n) is 15.6. The van der Waals surface area contributed by atoms with E-state index in [0.717, 1.165) is 11.3 Å². The Kier molecular flexibility index (Phi) is 7.21. The maximum atomic E-state index is 11.9. The summed E-state index contributed by atoms with van der Waals surface area (Å²) < 4.78 is 5.59. The van der Waals surface area contributed by atoms with Gasteiger partial charge in [-0.3, -0.25) is 9.59 Å². The average Bonchev–Trinajstić information content (AvgIpc) is 2.64. The molecule has 0 fully saturated rings. The number of hydrogen-bond donors (Lipinski definition) is 1. The van der Waals surface area contributed by atoms with Crippen molar-refractivity contribution in [2.45, 2.75) is 26.3 Å². The van der Waals surface area contributed by atoms with E-state index < -0.39 is 0 Å². The second-order valence-electron chi connectivity index (χ2n) is 6.37. The zero-order chi connectivity index (χ0) is 18.9. The van der Waals surface area contributed by atoms with Gasteiger partial charge in [0.1, 0.15) is 5.75 Å². The van der Waals surface area contributed by atoms with Crippen LogP contribution in [0.15, 0.2) is 48.5 Å². The summed E-state index contributed by atoms with van der Waals surface area (Å²) in [5, 5.41) is 2.92. The van der Waals surface area contributed by atoms with Gasteiger partial charge in [0.2, 0.25) is 5.91 Å². The van der Waals surface area contributed by atoms with Crippen molar-refractivity contribution in [1.29, 1.82) is 0 Å². The van der Waals surface area contributed by atoms with E-state index in [9.17, 15) is 9.59 Å². The maximum absolute atomic E-state index is 11.9. The smallest absolute Gasteiger partial charge is 0.220 e. The van der Waals surface area contributed by atoms with E-state index in [0.29, 0.717) is 37.3 Å². The lowest BCUT2D eigenvalue weighted by molar-refractivity contribution is -0.121. The number of ether oxygens (including phenoxy) is 1. The van der Waals surface area contributed by atoms with Crippen LogP contribution in [-0.4, -0.2) is 32.4 Å². The summed E-state index contributed by atoms with van der Waals surface area (Å²) in [6.07, 6.45) is 1.06. The number of carbonyl (C=O) groups is 2. The van der Waals surface area contributed by atoms with Crippen LogP contribution in [0, 0.1) is 0 Å². The van der Waals surface area contributed by atoms with Gasteiger partial charge in [0.05, 0.1) is 6.61 Å². The molecule has 138 valence electrons. The minimum atomic E-state index is 0.0113. The second-order valence-corrected chi connectivity index (χ2v) is 6.37. The molecule has 1 N–H and O–H groups in total. The molecule has 26 heavy (non-hydrogen) atoms. The lowest BCUT2D eigenvalue weighted by Crippen LogP contribution is -2.23. The third kappa shape index (κ3) is 6.24. The lowest BCUT2D eigenvalue weighted by Gasteiger charge is -2.13. The van der Waals surface area contributed by atoms with Crippen LogP contribution in [0.3, 0.4) is 0 Å². The lowest BCUT2D eigenvalue weighted by atomic mass is 10.1. The van der Waals surface area contributed by atoms with Gasteiger partial charge in [0, 0.05) is 38.3 Å². The number of hydrogen-bond acceptors (Lipinski definition) is 4. The topological polar surface area (TPSA) is 58.6 Å². The molecule has 2 aromatic carbocycles. The number of ketones is 1. The van der Waals surface area contributed by atoms with Gasteiger partial charge < -0.3 is 15.0 Å². The largest absolute Gasteiger partial charge is 0.494 e. The van der Waals surface area contributed by atoms with Gasteiger partial charge in [-0.15, -0.1) is 0 Å². The Bertz CT molecular complexity index is 722. The molecule has 0 unspecified atom stereocenters. The predicted octanol–water partition coefficient (Wildman–Crippen LogP) is 3.43. The van der Waals surface area contributed by atoms with Gasteiger partial charge in [-0.25, -0.2) is 0 Å². The van der Waals surface area contributed by atoms with Gasteiger partial charge in [0.15, 0.2) is 5.78 Å². The van der Waals surface area contributed by atoms with E-state index in [1.165, 1.54) is 6.92 Å². The Morgan fingerprint density at radius 1 is 1.00 bits per heavy atom.